The molecule has 4 nitrogen and oxygen atoms in total. The summed E-state index contributed by atoms with van der Waals surface area (Å²) in [6.07, 6.45) is 2.28. The van der Waals surface area contributed by atoms with Crippen molar-refractivity contribution in [2.45, 2.75) is 25.9 Å². The minimum Gasteiger partial charge on any atom is -0.378 e. The second-order valence-electron chi connectivity index (χ2n) is 4.75. The Labute approximate surface area is 123 Å². The average Bonchev–Trinajstić information content (AvgIpc) is 3.10. The largest absolute Gasteiger partial charge is 0.378 e. The minimum absolute atomic E-state index is 0.0527. The van der Waals surface area contributed by atoms with E-state index in [1.54, 1.807) is 0 Å². The van der Waals surface area contributed by atoms with E-state index in [4.69, 9.17) is 10.5 Å². The first-order valence-electron chi connectivity index (χ1n) is 6.92. The van der Waals surface area contributed by atoms with Crippen LogP contribution < -0.4 is 11.1 Å². The first-order valence-corrected chi connectivity index (χ1v) is 7.80. The Kier molecular flexibility index (Phi) is 5.60. The molecule has 20 heavy (non-hydrogen) atoms. The highest BCUT2D eigenvalue weighted by Crippen LogP contribution is 2.23. The number of thiophene rings is 1. The van der Waals surface area contributed by atoms with Crippen LogP contribution in [0.5, 0.6) is 0 Å². The molecule has 5 heteroatoms. The fourth-order valence-corrected chi connectivity index (χ4v) is 3.18. The lowest BCUT2D eigenvalue weighted by molar-refractivity contribution is 0.0828. The van der Waals surface area contributed by atoms with Crippen LogP contribution in [0, 0.1) is 17.8 Å². The lowest BCUT2D eigenvalue weighted by atomic mass is 10.00. The third kappa shape index (κ3) is 3.60. The molecule has 1 aromatic heterocycles. The maximum Gasteiger partial charge on any atom is 0.262 e. The molecule has 0 spiro atoms. The summed E-state index contributed by atoms with van der Waals surface area (Å²) in [5.41, 5.74) is 6.12. The van der Waals surface area contributed by atoms with Crippen LogP contribution in [0.15, 0.2) is 11.4 Å². The first kappa shape index (κ1) is 15.0. The summed E-state index contributed by atoms with van der Waals surface area (Å²) in [5, 5.41) is 4.88. The molecule has 0 aromatic carbocycles. The van der Waals surface area contributed by atoms with Gasteiger partial charge in [-0.15, -0.1) is 11.3 Å². The topological polar surface area (TPSA) is 64.3 Å². The van der Waals surface area contributed by atoms with Gasteiger partial charge in [0.2, 0.25) is 0 Å². The molecular formula is C15H20N2O2S. The van der Waals surface area contributed by atoms with Crippen LogP contribution in [0.1, 0.15) is 35.0 Å². The van der Waals surface area contributed by atoms with E-state index in [2.05, 4.69) is 24.1 Å². The SMILES string of the molecule is CCC1OCCC1CNC(=O)c1sccc1C#CCN. The summed E-state index contributed by atoms with van der Waals surface area (Å²) in [5.74, 6) is 6.08. The first-order chi connectivity index (χ1) is 9.76. The Morgan fingerprint density at radius 2 is 2.50 bits per heavy atom. The molecule has 1 fully saturated rings. The summed E-state index contributed by atoms with van der Waals surface area (Å²) in [6, 6.07) is 1.86. The zero-order valence-electron chi connectivity index (χ0n) is 11.6. The van der Waals surface area contributed by atoms with E-state index in [0.29, 0.717) is 23.9 Å². The molecule has 2 heterocycles. The van der Waals surface area contributed by atoms with Crippen molar-refractivity contribution < 1.29 is 9.53 Å². The van der Waals surface area contributed by atoms with Crippen molar-refractivity contribution in [3.63, 3.8) is 0 Å². The van der Waals surface area contributed by atoms with Crippen molar-refractivity contribution in [3.8, 4) is 11.8 Å². The Bertz CT molecular complexity index is 515. The van der Waals surface area contributed by atoms with E-state index >= 15 is 0 Å². The van der Waals surface area contributed by atoms with Gasteiger partial charge in [-0.25, -0.2) is 0 Å². The van der Waals surface area contributed by atoms with E-state index in [0.717, 1.165) is 25.0 Å². The van der Waals surface area contributed by atoms with Crippen molar-refractivity contribution in [3.05, 3.63) is 21.9 Å². The summed E-state index contributed by atoms with van der Waals surface area (Å²) < 4.78 is 5.63. The van der Waals surface area contributed by atoms with Gasteiger partial charge in [-0.3, -0.25) is 4.79 Å². The van der Waals surface area contributed by atoms with Crippen LogP contribution in [0.25, 0.3) is 0 Å². The Hall–Kier alpha value is -1.35. The Morgan fingerprint density at radius 3 is 3.25 bits per heavy atom. The van der Waals surface area contributed by atoms with E-state index < -0.39 is 0 Å². The van der Waals surface area contributed by atoms with Crippen LogP contribution >= 0.6 is 11.3 Å². The molecule has 0 radical (unpaired) electrons. The highest BCUT2D eigenvalue weighted by atomic mass is 32.1. The number of ether oxygens (including phenoxy) is 1. The highest BCUT2D eigenvalue weighted by Gasteiger charge is 2.27. The zero-order chi connectivity index (χ0) is 14.4. The number of hydrogen-bond donors (Lipinski definition) is 2. The molecule has 3 N–H and O–H groups in total. The molecule has 1 aliphatic heterocycles. The van der Waals surface area contributed by atoms with Gasteiger partial charge in [0.05, 0.1) is 12.6 Å². The second-order valence-corrected chi connectivity index (χ2v) is 5.66. The summed E-state index contributed by atoms with van der Waals surface area (Å²) in [6.45, 7) is 3.88. The minimum atomic E-state index is -0.0527. The predicted molar refractivity (Wildman–Crippen MR) is 80.7 cm³/mol. The molecule has 0 saturated carbocycles. The predicted octanol–water partition coefficient (Wildman–Crippen LogP) is 1.60. The number of amides is 1. The van der Waals surface area contributed by atoms with E-state index in [1.807, 2.05) is 11.4 Å². The van der Waals surface area contributed by atoms with Gasteiger partial charge in [0.15, 0.2) is 0 Å². The van der Waals surface area contributed by atoms with Crippen molar-refractivity contribution >= 4 is 17.2 Å². The van der Waals surface area contributed by atoms with Gasteiger partial charge in [-0.05, 0) is 24.3 Å². The van der Waals surface area contributed by atoms with Gasteiger partial charge in [0, 0.05) is 24.6 Å². The molecule has 1 saturated heterocycles. The molecule has 0 bridgehead atoms. The van der Waals surface area contributed by atoms with Gasteiger partial charge in [-0.2, -0.15) is 0 Å². The van der Waals surface area contributed by atoms with Crippen molar-refractivity contribution in [2.24, 2.45) is 11.7 Å². The van der Waals surface area contributed by atoms with E-state index in [-0.39, 0.29) is 12.0 Å². The highest BCUT2D eigenvalue weighted by molar-refractivity contribution is 7.12. The third-order valence-electron chi connectivity index (χ3n) is 3.47. The molecule has 108 valence electrons. The summed E-state index contributed by atoms with van der Waals surface area (Å²) in [4.78, 5) is 12.9. The number of rotatable bonds is 4. The Morgan fingerprint density at radius 1 is 1.65 bits per heavy atom. The van der Waals surface area contributed by atoms with Gasteiger partial charge in [-0.1, -0.05) is 18.8 Å². The average molecular weight is 292 g/mol. The van der Waals surface area contributed by atoms with Crippen LogP contribution in [0.3, 0.4) is 0 Å². The maximum absolute atomic E-state index is 12.2. The normalized spacial score (nSPS) is 21.3. The molecule has 1 amide bonds. The molecule has 0 aliphatic carbocycles. The molecule has 2 atom stereocenters. The van der Waals surface area contributed by atoms with Gasteiger partial charge >= 0.3 is 0 Å². The Balaban J connectivity index is 1.93. The van der Waals surface area contributed by atoms with Crippen LogP contribution in [-0.2, 0) is 4.74 Å². The monoisotopic (exact) mass is 292 g/mol. The smallest absolute Gasteiger partial charge is 0.262 e. The maximum atomic E-state index is 12.2. The molecule has 2 unspecified atom stereocenters. The molecular weight excluding hydrogens is 272 g/mol. The number of nitrogens with two attached hydrogens (primary N) is 1. The molecule has 1 aromatic rings. The third-order valence-corrected chi connectivity index (χ3v) is 4.38. The number of hydrogen-bond acceptors (Lipinski definition) is 4. The zero-order valence-corrected chi connectivity index (χ0v) is 12.5. The van der Waals surface area contributed by atoms with Crippen molar-refractivity contribution in [1.29, 1.82) is 0 Å². The quantitative estimate of drug-likeness (QED) is 0.829. The van der Waals surface area contributed by atoms with E-state index in [9.17, 15) is 4.79 Å². The molecule has 2 rings (SSSR count). The lowest BCUT2D eigenvalue weighted by Gasteiger charge is -2.17. The van der Waals surface area contributed by atoms with Gasteiger partial charge in [0.1, 0.15) is 4.88 Å². The van der Waals surface area contributed by atoms with Crippen molar-refractivity contribution in [2.75, 3.05) is 19.7 Å². The summed E-state index contributed by atoms with van der Waals surface area (Å²) >= 11 is 1.41. The second kappa shape index (κ2) is 7.44. The number of nitrogens with one attached hydrogen (secondary N) is 1. The van der Waals surface area contributed by atoms with E-state index in [1.165, 1.54) is 11.3 Å². The van der Waals surface area contributed by atoms with Crippen LogP contribution in [0.2, 0.25) is 0 Å². The van der Waals surface area contributed by atoms with Crippen LogP contribution in [-0.4, -0.2) is 31.7 Å². The van der Waals surface area contributed by atoms with Crippen LogP contribution in [0.4, 0.5) is 0 Å². The number of carbonyl (C=O) groups is 1. The lowest BCUT2D eigenvalue weighted by Crippen LogP contribution is -2.32. The van der Waals surface area contributed by atoms with Gasteiger partial charge in [0.25, 0.3) is 5.91 Å². The standard InChI is InChI=1S/C15H20N2O2S/c1-2-13-12(5-8-19-13)10-17-15(18)14-11(4-3-7-16)6-9-20-14/h6,9,12-13H,2,5,7-8,10,16H2,1H3,(H,17,18). The fourth-order valence-electron chi connectivity index (χ4n) is 2.41. The van der Waals surface area contributed by atoms with Gasteiger partial charge < -0.3 is 15.8 Å². The fraction of sp³-hybridized carbons (Fsp3) is 0.533. The summed E-state index contributed by atoms with van der Waals surface area (Å²) in [7, 11) is 0. The van der Waals surface area contributed by atoms with Crippen molar-refractivity contribution in [1.82, 2.24) is 5.32 Å². The molecule has 1 aliphatic rings. The number of carbonyl (C=O) groups excluding carboxylic acids is 1.